The lowest BCUT2D eigenvalue weighted by Gasteiger charge is -2.11. The van der Waals surface area contributed by atoms with Gasteiger partial charge in [-0.1, -0.05) is 0 Å². The number of ether oxygens (including phenoxy) is 1. The predicted molar refractivity (Wildman–Crippen MR) is 58.1 cm³/mol. The number of alkyl halides is 3. The number of halogens is 3. The van der Waals surface area contributed by atoms with Crippen LogP contribution in [0.2, 0.25) is 0 Å². The lowest BCUT2D eigenvalue weighted by Crippen LogP contribution is -2.19. The normalized spacial score (nSPS) is 12.8. The molecule has 0 amide bonds. The number of aromatic nitrogens is 1. The summed E-state index contributed by atoms with van der Waals surface area (Å²) in [5.41, 5.74) is 0. The van der Waals surface area contributed by atoms with Crippen molar-refractivity contribution in [2.45, 2.75) is 30.2 Å². The molecule has 18 heavy (non-hydrogen) atoms. The molecule has 0 aliphatic carbocycles. The second kappa shape index (κ2) is 5.13. The molecule has 0 aliphatic heterocycles. The van der Waals surface area contributed by atoms with E-state index in [1.54, 1.807) is 0 Å². The summed E-state index contributed by atoms with van der Waals surface area (Å²) in [6.07, 6.45) is -2.37. The summed E-state index contributed by atoms with van der Waals surface area (Å²) in [5.74, 6) is -0.228. The maximum atomic E-state index is 11.9. The van der Waals surface area contributed by atoms with Gasteiger partial charge in [-0.25, -0.2) is 8.42 Å². The van der Waals surface area contributed by atoms with Gasteiger partial charge >= 0.3 is 6.18 Å². The molecule has 0 saturated heterocycles. The Morgan fingerprint density at radius 2 is 1.94 bits per heavy atom. The summed E-state index contributed by atoms with van der Waals surface area (Å²) in [5, 5.41) is -0.683. The van der Waals surface area contributed by atoms with Crippen molar-refractivity contribution in [2.24, 2.45) is 0 Å². The highest BCUT2D eigenvalue weighted by atomic mass is 32.2. The molecule has 0 aromatic carbocycles. The number of hydrogen-bond acceptors (Lipinski definition) is 4. The number of sulfone groups is 1. The third-order valence-electron chi connectivity index (χ3n) is 2.04. The zero-order chi connectivity index (χ0) is 14.0. The van der Waals surface area contributed by atoms with Crippen LogP contribution >= 0.6 is 0 Å². The van der Waals surface area contributed by atoms with Gasteiger partial charge < -0.3 is 4.74 Å². The van der Waals surface area contributed by atoms with Crippen LogP contribution in [0.3, 0.4) is 0 Å². The van der Waals surface area contributed by atoms with Crippen LogP contribution in [0.25, 0.3) is 0 Å². The van der Waals surface area contributed by atoms with Crippen molar-refractivity contribution < 1.29 is 26.3 Å². The highest BCUT2D eigenvalue weighted by Crippen LogP contribution is 2.22. The zero-order valence-electron chi connectivity index (χ0n) is 9.73. The molecule has 1 aromatic heterocycles. The highest BCUT2D eigenvalue weighted by molar-refractivity contribution is 7.92. The van der Waals surface area contributed by atoms with Crippen molar-refractivity contribution in [3.63, 3.8) is 0 Å². The first-order valence-electron chi connectivity index (χ1n) is 5.01. The first-order valence-corrected chi connectivity index (χ1v) is 6.56. The molecular weight excluding hydrogens is 271 g/mol. The predicted octanol–water partition coefficient (Wildman–Crippen LogP) is 2.20. The number of nitrogens with zero attached hydrogens (tertiary/aromatic N) is 1. The number of pyridine rings is 1. The van der Waals surface area contributed by atoms with Gasteiger partial charge in [-0.3, -0.25) is 4.98 Å². The fraction of sp³-hybridized carbons (Fsp3) is 0.500. The maximum Gasteiger partial charge on any atom is 0.422 e. The number of hydrogen-bond donors (Lipinski definition) is 0. The van der Waals surface area contributed by atoms with Gasteiger partial charge in [0.15, 0.2) is 16.4 Å². The van der Waals surface area contributed by atoms with Crippen LogP contribution in [0, 0.1) is 0 Å². The largest absolute Gasteiger partial charge is 0.482 e. The molecule has 1 rings (SSSR count). The maximum absolute atomic E-state index is 11.9. The minimum Gasteiger partial charge on any atom is -0.482 e. The molecule has 0 unspecified atom stereocenters. The van der Waals surface area contributed by atoms with Crippen LogP contribution in [0.15, 0.2) is 23.4 Å². The van der Waals surface area contributed by atoms with Crippen molar-refractivity contribution in [1.82, 2.24) is 4.98 Å². The van der Waals surface area contributed by atoms with Crippen molar-refractivity contribution in [2.75, 3.05) is 6.61 Å². The van der Waals surface area contributed by atoms with Crippen molar-refractivity contribution in [3.8, 4) is 5.75 Å². The van der Waals surface area contributed by atoms with E-state index in [2.05, 4.69) is 9.72 Å². The Kier molecular flexibility index (Phi) is 4.20. The molecule has 1 heterocycles. The van der Waals surface area contributed by atoms with E-state index in [0.717, 1.165) is 18.5 Å². The third kappa shape index (κ3) is 3.86. The average Bonchev–Trinajstić information content (AvgIpc) is 2.25. The molecule has 102 valence electrons. The minimum atomic E-state index is -4.48. The summed E-state index contributed by atoms with van der Waals surface area (Å²) >= 11 is 0. The summed E-state index contributed by atoms with van der Waals surface area (Å²) in [6, 6.07) is 1.04. The van der Waals surface area contributed by atoms with Crippen LogP contribution in [0.5, 0.6) is 5.75 Å². The molecule has 0 fully saturated rings. The highest BCUT2D eigenvalue weighted by Gasteiger charge is 2.28. The van der Waals surface area contributed by atoms with Gasteiger partial charge in [0.25, 0.3) is 0 Å². The molecule has 0 spiro atoms. The summed E-state index contributed by atoms with van der Waals surface area (Å²) in [4.78, 5) is 3.41. The first kappa shape index (κ1) is 14.7. The van der Waals surface area contributed by atoms with E-state index < -0.39 is 27.9 Å². The first-order chi connectivity index (χ1) is 8.13. The van der Waals surface area contributed by atoms with Gasteiger partial charge in [0.05, 0.1) is 16.3 Å². The molecule has 0 bridgehead atoms. The fourth-order valence-electron chi connectivity index (χ4n) is 1.07. The smallest absolute Gasteiger partial charge is 0.422 e. The molecular formula is C10H12F3NO3S. The molecule has 0 aliphatic rings. The van der Waals surface area contributed by atoms with E-state index in [4.69, 9.17) is 0 Å². The Bertz CT molecular complexity index is 511. The second-order valence-corrected chi connectivity index (χ2v) is 6.36. The lowest BCUT2D eigenvalue weighted by molar-refractivity contribution is -0.153. The molecule has 8 heteroatoms. The van der Waals surface area contributed by atoms with E-state index in [9.17, 15) is 21.6 Å². The molecule has 0 atom stereocenters. The van der Waals surface area contributed by atoms with Gasteiger partial charge in [-0.2, -0.15) is 13.2 Å². The van der Waals surface area contributed by atoms with Crippen molar-refractivity contribution in [1.29, 1.82) is 0 Å². The van der Waals surface area contributed by atoms with Crippen molar-refractivity contribution in [3.05, 3.63) is 18.5 Å². The number of rotatable bonds is 4. The SMILES string of the molecule is CC(C)S(=O)(=O)c1cncc(OCC(F)(F)F)c1. The Morgan fingerprint density at radius 3 is 2.44 bits per heavy atom. The van der Waals surface area contributed by atoms with Crippen LogP contribution in [-0.2, 0) is 9.84 Å². The Hall–Kier alpha value is -1.31. The van der Waals surface area contributed by atoms with Crippen LogP contribution in [0.1, 0.15) is 13.8 Å². The zero-order valence-corrected chi connectivity index (χ0v) is 10.5. The molecule has 4 nitrogen and oxygen atoms in total. The fourth-order valence-corrected chi connectivity index (χ4v) is 2.10. The van der Waals surface area contributed by atoms with Gasteiger partial charge in [0, 0.05) is 12.3 Å². The third-order valence-corrected chi connectivity index (χ3v) is 4.16. The molecule has 0 radical (unpaired) electrons. The molecule has 1 aromatic rings. The summed E-state index contributed by atoms with van der Waals surface area (Å²) in [7, 11) is -3.58. The van der Waals surface area contributed by atoms with Crippen LogP contribution in [0.4, 0.5) is 13.2 Å². The topological polar surface area (TPSA) is 56.3 Å². The van der Waals surface area contributed by atoms with Crippen molar-refractivity contribution >= 4 is 9.84 Å². The minimum absolute atomic E-state index is 0.155. The summed E-state index contributed by atoms with van der Waals surface area (Å²) in [6.45, 7) is 1.46. The quantitative estimate of drug-likeness (QED) is 0.850. The van der Waals surface area contributed by atoms with Gasteiger partial charge in [0.1, 0.15) is 5.75 Å². The van der Waals surface area contributed by atoms with E-state index in [1.165, 1.54) is 13.8 Å². The summed E-state index contributed by atoms with van der Waals surface area (Å²) < 4.78 is 63.8. The Morgan fingerprint density at radius 1 is 1.33 bits per heavy atom. The van der Waals surface area contributed by atoms with E-state index >= 15 is 0 Å². The second-order valence-electron chi connectivity index (χ2n) is 3.85. The van der Waals surface area contributed by atoms with Crippen LogP contribution in [-0.4, -0.2) is 31.4 Å². The Labute approximate surface area is 103 Å². The van der Waals surface area contributed by atoms with E-state index in [1.807, 2.05) is 0 Å². The van der Waals surface area contributed by atoms with Crippen LogP contribution < -0.4 is 4.74 Å². The molecule has 0 N–H and O–H groups in total. The van der Waals surface area contributed by atoms with Gasteiger partial charge in [-0.05, 0) is 13.8 Å². The van der Waals surface area contributed by atoms with Gasteiger partial charge in [-0.15, -0.1) is 0 Å². The average molecular weight is 283 g/mol. The lowest BCUT2D eigenvalue weighted by atomic mass is 10.4. The van der Waals surface area contributed by atoms with E-state index in [-0.39, 0.29) is 10.6 Å². The molecule has 0 saturated carbocycles. The Balaban J connectivity index is 2.94. The van der Waals surface area contributed by atoms with E-state index in [0.29, 0.717) is 0 Å². The standard InChI is InChI=1S/C10H12F3NO3S/c1-7(2)18(15,16)9-3-8(4-14-5-9)17-6-10(11,12)13/h3-5,7H,6H2,1-2H3. The van der Waals surface area contributed by atoms with Gasteiger partial charge in [0.2, 0.25) is 0 Å². The monoisotopic (exact) mass is 283 g/mol.